The van der Waals surface area contributed by atoms with E-state index in [4.69, 9.17) is 12.2 Å². The second-order valence-electron chi connectivity index (χ2n) is 6.65. The van der Waals surface area contributed by atoms with Crippen LogP contribution in [0.25, 0.3) is 16.9 Å². The zero-order chi connectivity index (χ0) is 19.5. The van der Waals surface area contributed by atoms with Gasteiger partial charge in [-0.2, -0.15) is 5.26 Å². The minimum Gasteiger partial charge on any atom is -0.280 e. The van der Waals surface area contributed by atoms with Crippen LogP contribution >= 0.6 is 12.2 Å². The van der Waals surface area contributed by atoms with Crippen LogP contribution in [0.15, 0.2) is 54.9 Å². The van der Waals surface area contributed by atoms with Gasteiger partial charge in [0.1, 0.15) is 11.0 Å². The zero-order valence-electron chi connectivity index (χ0n) is 15.5. The van der Waals surface area contributed by atoms with Crippen LogP contribution < -0.4 is 0 Å². The Labute approximate surface area is 168 Å². The summed E-state index contributed by atoms with van der Waals surface area (Å²) < 4.78 is 2.48. The monoisotopic (exact) mass is 385 g/mol. The first-order valence-electron chi connectivity index (χ1n) is 9.23. The first kappa shape index (κ1) is 18.1. The van der Waals surface area contributed by atoms with Gasteiger partial charge in [0, 0.05) is 12.0 Å². The fourth-order valence-electron chi connectivity index (χ4n) is 3.39. The average Bonchev–Trinajstić information content (AvgIpc) is 3.20. The number of benzene rings is 2. The second kappa shape index (κ2) is 7.75. The van der Waals surface area contributed by atoms with Crippen LogP contribution in [0.2, 0.25) is 0 Å². The van der Waals surface area contributed by atoms with Gasteiger partial charge in [-0.1, -0.05) is 68.0 Å². The Hall–Kier alpha value is -3.30. The summed E-state index contributed by atoms with van der Waals surface area (Å²) in [6, 6.07) is 18.2. The number of H-pyrrole nitrogens is 1. The summed E-state index contributed by atoms with van der Waals surface area (Å²) >= 11 is 5.70. The summed E-state index contributed by atoms with van der Waals surface area (Å²) in [6.07, 6.45) is 4.19. The van der Waals surface area contributed by atoms with Crippen LogP contribution in [-0.2, 0) is 12.8 Å². The number of aromatic nitrogens is 4. The molecule has 6 heteroatoms. The molecule has 138 valence electrons. The smallest absolute Gasteiger partial charge is 0.251 e. The maximum absolute atomic E-state index is 9.33. The molecule has 2 heterocycles. The van der Waals surface area contributed by atoms with Crippen LogP contribution in [0.4, 0.5) is 0 Å². The molecule has 0 amide bonds. The summed E-state index contributed by atoms with van der Waals surface area (Å²) in [5, 5.41) is 12.4. The van der Waals surface area contributed by atoms with Gasteiger partial charge in [0.25, 0.3) is 5.78 Å². The molecule has 0 aliphatic heterocycles. The first-order valence-corrected chi connectivity index (χ1v) is 9.64. The van der Waals surface area contributed by atoms with Crippen LogP contribution in [0, 0.1) is 16.0 Å². The second-order valence-corrected chi connectivity index (χ2v) is 7.03. The lowest BCUT2D eigenvalue weighted by atomic mass is 9.97. The molecule has 0 unspecified atom stereocenters. The number of aryl methyl sites for hydroxylation is 1. The Morgan fingerprint density at radius 1 is 1.14 bits per heavy atom. The third kappa shape index (κ3) is 3.32. The van der Waals surface area contributed by atoms with E-state index < -0.39 is 0 Å². The molecule has 2 aromatic carbocycles. The number of rotatable bonds is 5. The molecule has 5 nitrogen and oxygen atoms in total. The number of hydrogen-bond acceptors (Lipinski definition) is 4. The minimum atomic E-state index is 0.612. The quantitative estimate of drug-likeness (QED) is 0.498. The highest BCUT2D eigenvalue weighted by Crippen LogP contribution is 2.25. The normalized spacial score (nSPS) is 10.9. The largest absolute Gasteiger partial charge is 0.280 e. The number of hydrogen-bond donors (Lipinski definition) is 1. The van der Waals surface area contributed by atoms with Crippen molar-refractivity contribution in [3.05, 3.63) is 81.9 Å². The average molecular weight is 385 g/mol. The van der Waals surface area contributed by atoms with Crippen LogP contribution in [-0.4, -0.2) is 19.6 Å². The molecular weight excluding hydrogens is 366 g/mol. The first-order chi connectivity index (χ1) is 13.7. The van der Waals surface area contributed by atoms with Gasteiger partial charge < -0.3 is 0 Å². The molecule has 0 bridgehead atoms. The summed E-state index contributed by atoms with van der Waals surface area (Å²) in [5.74, 6) is 0.612. The van der Waals surface area contributed by atoms with Gasteiger partial charge in [0.2, 0.25) is 0 Å². The summed E-state index contributed by atoms with van der Waals surface area (Å²) in [5.41, 5.74) is 5.89. The van der Waals surface area contributed by atoms with Crippen molar-refractivity contribution in [1.82, 2.24) is 19.6 Å². The molecule has 28 heavy (non-hydrogen) atoms. The molecule has 0 aliphatic rings. The predicted octanol–water partition coefficient (Wildman–Crippen LogP) is 4.87. The maximum atomic E-state index is 9.33. The van der Waals surface area contributed by atoms with E-state index in [-0.39, 0.29) is 0 Å². The number of nitriles is 1. The van der Waals surface area contributed by atoms with Gasteiger partial charge in [0.05, 0.1) is 17.3 Å². The highest BCUT2D eigenvalue weighted by atomic mass is 32.1. The summed E-state index contributed by atoms with van der Waals surface area (Å²) in [7, 11) is 0. The Morgan fingerprint density at radius 3 is 2.68 bits per heavy atom. The Kier molecular flexibility index (Phi) is 5.00. The molecule has 4 aromatic rings. The summed E-state index contributed by atoms with van der Waals surface area (Å²) in [4.78, 5) is 8.92. The van der Waals surface area contributed by atoms with E-state index in [0.717, 1.165) is 45.4 Å². The fourth-order valence-corrected chi connectivity index (χ4v) is 3.72. The molecule has 1 N–H and O–H groups in total. The Morgan fingerprint density at radius 2 is 1.93 bits per heavy atom. The maximum Gasteiger partial charge on any atom is 0.251 e. The highest BCUT2D eigenvalue weighted by Gasteiger charge is 2.12. The van der Waals surface area contributed by atoms with E-state index in [0.29, 0.717) is 17.8 Å². The van der Waals surface area contributed by atoms with E-state index >= 15 is 0 Å². The molecule has 4 rings (SSSR count). The molecule has 0 aliphatic carbocycles. The number of aromatic amines is 1. The minimum absolute atomic E-state index is 0.612. The number of nitrogens with zero attached hydrogens (tertiary/aromatic N) is 4. The zero-order valence-corrected chi connectivity index (χ0v) is 16.3. The van der Waals surface area contributed by atoms with Crippen molar-refractivity contribution < 1.29 is 0 Å². The van der Waals surface area contributed by atoms with Crippen molar-refractivity contribution in [2.45, 2.75) is 26.2 Å². The van der Waals surface area contributed by atoms with Crippen molar-refractivity contribution in [2.75, 3.05) is 0 Å². The molecule has 0 atom stereocenters. The van der Waals surface area contributed by atoms with E-state index in [1.54, 1.807) is 10.8 Å². The molecule has 0 fully saturated rings. The van der Waals surface area contributed by atoms with Crippen LogP contribution in [0.1, 0.15) is 35.7 Å². The molecule has 0 spiro atoms. The lowest BCUT2D eigenvalue weighted by molar-refractivity contribution is 0.822. The molecule has 0 saturated carbocycles. The van der Waals surface area contributed by atoms with E-state index in [1.807, 2.05) is 24.3 Å². The molecule has 0 radical (unpaired) electrons. The topological polar surface area (TPSA) is 69.8 Å². The van der Waals surface area contributed by atoms with E-state index in [9.17, 15) is 5.26 Å². The lowest BCUT2D eigenvalue weighted by Gasteiger charge is -2.10. The fraction of sp³-hybridized carbons (Fsp3) is 0.182. The molecule has 0 saturated heterocycles. The van der Waals surface area contributed by atoms with Gasteiger partial charge >= 0.3 is 0 Å². The van der Waals surface area contributed by atoms with E-state index in [1.165, 1.54) is 0 Å². The van der Waals surface area contributed by atoms with Gasteiger partial charge in [0.15, 0.2) is 0 Å². The molecular formula is C22H19N5S. The SMILES string of the molecule is CCCc1nc2nc[nH]n2c(=S)c1Cc1ccc(-c2ccccc2C#N)cc1. The van der Waals surface area contributed by atoms with Crippen molar-refractivity contribution in [1.29, 1.82) is 5.26 Å². The highest BCUT2D eigenvalue weighted by molar-refractivity contribution is 7.71. The number of fused-ring (bicyclic) bond motifs is 1. The standard InChI is InChI=1S/C22H19N5S/c1-2-5-20-19(21(28)27-22(26-20)24-14-25-27)12-15-8-10-16(11-9-15)18-7-4-3-6-17(18)13-23/h3-4,6-11,14H,2,5,12H2,1H3,(H,24,25,26). The van der Waals surface area contributed by atoms with E-state index in [2.05, 4.69) is 52.3 Å². The third-order valence-electron chi connectivity index (χ3n) is 4.79. The van der Waals surface area contributed by atoms with Crippen molar-refractivity contribution in [3.8, 4) is 17.2 Å². The van der Waals surface area contributed by atoms with Gasteiger partial charge in [-0.05, 0) is 29.2 Å². The molecule has 2 aromatic heterocycles. The van der Waals surface area contributed by atoms with Crippen molar-refractivity contribution in [2.24, 2.45) is 0 Å². The Bertz CT molecular complexity index is 1230. The van der Waals surface area contributed by atoms with Crippen LogP contribution in [0.3, 0.4) is 0 Å². The van der Waals surface area contributed by atoms with Crippen molar-refractivity contribution >= 4 is 18.0 Å². The Balaban J connectivity index is 1.70. The van der Waals surface area contributed by atoms with Gasteiger partial charge in [-0.3, -0.25) is 5.10 Å². The summed E-state index contributed by atoms with van der Waals surface area (Å²) in [6.45, 7) is 2.14. The lowest BCUT2D eigenvalue weighted by Crippen LogP contribution is -2.06. The predicted molar refractivity (Wildman–Crippen MR) is 112 cm³/mol. The van der Waals surface area contributed by atoms with Crippen LogP contribution in [0.5, 0.6) is 0 Å². The van der Waals surface area contributed by atoms with Crippen molar-refractivity contribution in [3.63, 3.8) is 0 Å². The van der Waals surface area contributed by atoms with Gasteiger partial charge in [-0.25, -0.2) is 14.5 Å². The third-order valence-corrected chi connectivity index (χ3v) is 5.22. The number of nitrogens with one attached hydrogen (secondary N) is 1. The van der Waals surface area contributed by atoms with Gasteiger partial charge in [-0.15, -0.1) is 0 Å².